The van der Waals surface area contributed by atoms with Crippen molar-refractivity contribution in [1.29, 1.82) is 15.9 Å². The average Bonchev–Trinajstić information content (AvgIpc) is 3.46. The van der Waals surface area contributed by atoms with Gasteiger partial charge in [-0.25, -0.2) is 0 Å². The molecule has 4 aromatic carbocycles. The lowest BCUT2D eigenvalue weighted by Crippen LogP contribution is -2.26. The Hall–Kier alpha value is -5.51. The van der Waals surface area contributed by atoms with Crippen molar-refractivity contribution in [3.8, 4) is 34.4 Å². The lowest BCUT2D eigenvalue weighted by atomic mass is 9.70. The van der Waals surface area contributed by atoms with Gasteiger partial charge in [-0.1, -0.05) is 86.0 Å². The molecule has 0 radical (unpaired) electrons. The summed E-state index contributed by atoms with van der Waals surface area (Å²) in [5.74, 6) is 0. The van der Waals surface area contributed by atoms with Crippen molar-refractivity contribution >= 4 is 17.4 Å². The van der Waals surface area contributed by atoms with Crippen molar-refractivity contribution in [2.24, 2.45) is 0 Å². The molecule has 40 heavy (non-hydrogen) atoms. The SMILES string of the molecule is C=C(C#N)/C=C(\C=N)c1ccc2c(c1)C1(c3ccccc3-c3ccccc31)c1cc(C(=C)/C=C(\C)C#N)ccc1-2. The van der Waals surface area contributed by atoms with Crippen molar-refractivity contribution in [3.05, 3.63) is 155 Å². The maximum Gasteiger partial charge on any atom is 0.0985 e. The van der Waals surface area contributed by atoms with Crippen LogP contribution in [-0.4, -0.2) is 6.21 Å². The predicted molar refractivity (Wildman–Crippen MR) is 163 cm³/mol. The maximum absolute atomic E-state index is 9.35. The third kappa shape index (κ3) is 3.46. The summed E-state index contributed by atoms with van der Waals surface area (Å²) in [6.45, 7) is 9.87. The van der Waals surface area contributed by atoms with E-state index in [0.717, 1.165) is 33.4 Å². The van der Waals surface area contributed by atoms with Crippen LogP contribution in [0.2, 0.25) is 0 Å². The van der Waals surface area contributed by atoms with Gasteiger partial charge in [0.1, 0.15) is 0 Å². The summed E-state index contributed by atoms with van der Waals surface area (Å²) in [5, 5.41) is 26.8. The van der Waals surface area contributed by atoms with Crippen LogP contribution in [0.15, 0.2) is 121 Å². The number of benzene rings is 4. The summed E-state index contributed by atoms with van der Waals surface area (Å²) in [6, 6.07) is 34.2. The van der Waals surface area contributed by atoms with E-state index < -0.39 is 5.41 Å². The van der Waals surface area contributed by atoms with Gasteiger partial charge in [-0.3, -0.25) is 0 Å². The van der Waals surface area contributed by atoms with Crippen molar-refractivity contribution in [1.82, 2.24) is 0 Å². The average molecular weight is 512 g/mol. The molecule has 0 aliphatic heterocycles. The van der Waals surface area contributed by atoms with Crippen LogP contribution < -0.4 is 0 Å². The number of hydrogen-bond donors (Lipinski definition) is 1. The van der Waals surface area contributed by atoms with Crippen molar-refractivity contribution < 1.29 is 0 Å². The zero-order valence-electron chi connectivity index (χ0n) is 22.1. The van der Waals surface area contributed by atoms with E-state index >= 15 is 0 Å². The zero-order chi connectivity index (χ0) is 28.0. The topological polar surface area (TPSA) is 71.4 Å². The molecule has 4 aromatic rings. The summed E-state index contributed by atoms with van der Waals surface area (Å²) in [5.41, 5.74) is 13.0. The fourth-order valence-electron chi connectivity index (χ4n) is 6.32. The Kier molecular flexibility index (Phi) is 5.80. The fourth-order valence-corrected chi connectivity index (χ4v) is 6.32. The van der Waals surface area contributed by atoms with E-state index in [1.165, 1.54) is 34.0 Å². The lowest BCUT2D eigenvalue weighted by Gasteiger charge is -2.31. The van der Waals surface area contributed by atoms with E-state index in [2.05, 4.69) is 104 Å². The van der Waals surface area contributed by atoms with Gasteiger partial charge in [0, 0.05) is 22.9 Å². The molecule has 188 valence electrons. The van der Waals surface area contributed by atoms with Crippen LogP contribution in [0.4, 0.5) is 0 Å². The first kappa shape index (κ1) is 24.8. The van der Waals surface area contributed by atoms with E-state index in [-0.39, 0.29) is 0 Å². The molecule has 0 bridgehead atoms. The molecule has 3 heteroatoms. The molecule has 0 heterocycles. The molecule has 3 nitrogen and oxygen atoms in total. The number of hydrogen-bond acceptors (Lipinski definition) is 3. The van der Waals surface area contributed by atoms with Crippen molar-refractivity contribution in [2.75, 3.05) is 0 Å². The molecule has 6 rings (SSSR count). The number of nitrogens with one attached hydrogen (secondary N) is 1. The highest BCUT2D eigenvalue weighted by Crippen LogP contribution is 2.63. The summed E-state index contributed by atoms with van der Waals surface area (Å²) in [4.78, 5) is 0. The first-order valence-corrected chi connectivity index (χ1v) is 13.0. The van der Waals surface area contributed by atoms with E-state index in [0.29, 0.717) is 16.7 Å². The minimum atomic E-state index is -0.572. The molecule has 1 spiro atoms. The largest absolute Gasteiger partial charge is 0.308 e. The van der Waals surface area contributed by atoms with Crippen molar-refractivity contribution in [3.63, 3.8) is 0 Å². The number of nitrogens with zero attached hydrogens (tertiary/aromatic N) is 2. The molecular formula is C37H25N3. The second-order valence-electron chi connectivity index (χ2n) is 10.2. The van der Waals surface area contributed by atoms with Crippen LogP contribution in [0, 0.1) is 28.1 Å². The Morgan fingerprint density at radius 1 is 0.700 bits per heavy atom. The van der Waals surface area contributed by atoms with Gasteiger partial charge in [-0.2, -0.15) is 10.5 Å². The third-order valence-electron chi connectivity index (χ3n) is 7.99. The second kappa shape index (κ2) is 9.35. The normalized spacial score (nSPS) is 13.9. The van der Waals surface area contributed by atoms with Crippen LogP contribution in [0.5, 0.6) is 0 Å². The third-order valence-corrected chi connectivity index (χ3v) is 7.99. The summed E-state index contributed by atoms with van der Waals surface area (Å²) >= 11 is 0. The molecule has 0 amide bonds. The molecule has 0 unspecified atom stereocenters. The summed E-state index contributed by atoms with van der Waals surface area (Å²) < 4.78 is 0. The first-order valence-electron chi connectivity index (χ1n) is 13.0. The van der Waals surface area contributed by atoms with Gasteiger partial charge in [0.2, 0.25) is 0 Å². The van der Waals surface area contributed by atoms with E-state index in [4.69, 9.17) is 5.41 Å². The van der Waals surface area contributed by atoms with Crippen LogP contribution in [0.3, 0.4) is 0 Å². The van der Waals surface area contributed by atoms with Crippen LogP contribution in [0.1, 0.15) is 40.3 Å². The molecule has 0 saturated carbocycles. The van der Waals surface area contributed by atoms with E-state index in [1.807, 2.05) is 12.1 Å². The molecule has 2 aliphatic rings. The van der Waals surface area contributed by atoms with E-state index in [9.17, 15) is 10.5 Å². The van der Waals surface area contributed by atoms with Gasteiger partial charge in [0.05, 0.1) is 17.6 Å². The Morgan fingerprint density at radius 3 is 1.77 bits per heavy atom. The number of rotatable bonds is 5. The summed E-state index contributed by atoms with van der Waals surface area (Å²) in [6.07, 6.45) is 4.77. The second-order valence-corrected chi connectivity index (χ2v) is 10.2. The zero-order valence-corrected chi connectivity index (χ0v) is 22.1. The monoisotopic (exact) mass is 511 g/mol. The van der Waals surface area contributed by atoms with Gasteiger partial charge in [-0.15, -0.1) is 0 Å². The standard InChI is InChI=1S/C37H25N3/c1-23(20-38)16-25(3)26-12-14-31-32-15-13-27(28(22-40)17-24(2)21-39)19-36(32)37(35(31)18-26)33-10-6-4-8-29(33)30-9-5-7-11-34(30)37/h4-19,22,40H,2-3H2,1H3/b23-16+,28-17+,40-22?. The fraction of sp³-hybridized carbons (Fsp3) is 0.0541. The lowest BCUT2D eigenvalue weighted by molar-refractivity contribution is 0.793. The Balaban J connectivity index is 1.71. The maximum atomic E-state index is 9.35. The minimum Gasteiger partial charge on any atom is -0.308 e. The first-order chi connectivity index (χ1) is 19.4. The highest BCUT2D eigenvalue weighted by Gasteiger charge is 2.51. The number of allylic oxidation sites excluding steroid dienone is 6. The predicted octanol–water partition coefficient (Wildman–Crippen LogP) is 8.63. The van der Waals surface area contributed by atoms with Gasteiger partial charge >= 0.3 is 0 Å². The van der Waals surface area contributed by atoms with E-state index in [1.54, 1.807) is 13.0 Å². The van der Waals surface area contributed by atoms with Crippen LogP contribution in [0.25, 0.3) is 33.4 Å². The molecule has 1 N–H and O–H groups in total. The van der Waals surface area contributed by atoms with Crippen LogP contribution in [-0.2, 0) is 5.41 Å². The molecule has 0 fully saturated rings. The molecular weight excluding hydrogens is 486 g/mol. The number of nitriles is 2. The van der Waals surface area contributed by atoms with Gasteiger partial charge < -0.3 is 5.41 Å². The molecule has 0 saturated heterocycles. The minimum absolute atomic E-state index is 0.303. The Morgan fingerprint density at radius 2 is 1.23 bits per heavy atom. The molecule has 0 aromatic heterocycles. The van der Waals surface area contributed by atoms with Gasteiger partial charge in [0.15, 0.2) is 0 Å². The molecule has 0 atom stereocenters. The smallest absolute Gasteiger partial charge is 0.0985 e. The molecule has 2 aliphatic carbocycles. The quantitative estimate of drug-likeness (QED) is 0.143. The van der Waals surface area contributed by atoms with Crippen LogP contribution >= 0.6 is 0 Å². The number of fused-ring (bicyclic) bond motifs is 10. The Bertz CT molecular complexity index is 1890. The highest BCUT2D eigenvalue weighted by molar-refractivity contribution is 6.10. The Labute approximate surface area is 234 Å². The summed E-state index contributed by atoms with van der Waals surface area (Å²) in [7, 11) is 0. The van der Waals surface area contributed by atoms with Gasteiger partial charge in [0.25, 0.3) is 0 Å². The van der Waals surface area contributed by atoms with Gasteiger partial charge in [-0.05, 0) is 92.4 Å². The van der Waals surface area contributed by atoms with Crippen molar-refractivity contribution in [2.45, 2.75) is 12.3 Å². The highest BCUT2D eigenvalue weighted by atomic mass is 14.5.